The van der Waals surface area contributed by atoms with Crippen LogP contribution in [0.2, 0.25) is 0 Å². The van der Waals surface area contributed by atoms with Gasteiger partial charge in [0.2, 0.25) is 5.91 Å². The first-order valence-corrected chi connectivity index (χ1v) is 7.04. The number of amides is 3. The third-order valence-electron chi connectivity index (χ3n) is 3.46. The van der Waals surface area contributed by atoms with Crippen LogP contribution >= 0.6 is 0 Å². The molecule has 0 aromatic carbocycles. The molecule has 1 saturated heterocycles. The topological polar surface area (TPSA) is 99.8 Å². The molecule has 0 saturated carbocycles. The average molecular weight is 300 g/mol. The van der Waals surface area contributed by atoms with E-state index < -0.39 is 12.1 Å². The minimum Gasteiger partial charge on any atom is -0.453 e. The van der Waals surface area contributed by atoms with E-state index in [2.05, 4.69) is 20.8 Å². The van der Waals surface area contributed by atoms with E-state index in [0.29, 0.717) is 13.0 Å². The molecule has 2 unspecified atom stereocenters. The molecular weight excluding hydrogens is 276 g/mol. The number of carbonyl (C=O) groups excluding carboxylic acids is 3. The smallest absolute Gasteiger partial charge is 0.407 e. The van der Waals surface area contributed by atoms with Crippen LogP contribution in [0.15, 0.2) is 0 Å². The maximum absolute atomic E-state index is 12.3. The lowest BCUT2D eigenvalue weighted by Gasteiger charge is -2.27. The van der Waals surface area contributed by atoms with E-state index in [1.165, 1.54) is 7.11 Å². The van der Waals surface area contributed by atoms with Gasteiger partial charge < -0.3 is 15.4 Å². The van der Waals surface area contributed by atoms with E-state index in [9.17, 15) is 14.4 Å². The Hall–Kier alpha value is -1.83. The quantitative estimate of drug-likeness (QED) is 0.642. The van der Waals surface area contributed by atoms with Crippen molar-refractivity contribution in [3.63, 3.8) is 0 Å². The van der Waals surface area contributed by atoms with E-state index in [4.69, 9.17) is 0 Å². The predicted octanol–water partition coefficient (Wildman–Crippen LogP) is -0.391. The van der Waals surface area contributed by atoms with Crippen LogP contribution in [-0.4, -0.2) is 55.7 Å². The van der Waals surface area contributed by atoms with Crippen LogP contribution in [0.25, 0.3) is 0 Å². The van der Waals surface area contributed by atoms with E-state index >= 15 is 0 Å². The van der Waals surface area contributed by atoms with E-state index in [1.54, 1.807) is 12.1 Å². The second-order valence-corrected chi connectivity index (χ2v) is 5.30. The summed E-state index contributed by atoms with van der Waals surface area (Å²) < 4.78 is 4.52. The maximum Gasteiger partial charge on any atom is 0.407 e. The molecule has 1 aliphatic heterocycles. The van der Waals surface area contributed by atoms with Crippen molar-refractivity contribution in [2.75, 3.05) is 20.7 Å². The van der Waals surface area contributed by atoms with Gasteiger partial charge in [0.25, 0.3) is 5.91 Å². The molecule has 1 fully saturated rings. The summed E-state index contributed by atoms with van der Waals surface area (Å²) in [6.07, 6.45) is 0.861. The van der Waals surface area contributed by atoms with Gasteiger partial charge in [-0.15, -0.1) is 0 Å². The Kier molecular flexibility index (Phi) is 6.41. The lowest BCUT2D eigenvalue weighted by Crippen LogP contribution is -2.57. The molecule has 0 aliphatic carbocycles. The van der Waals surface area contributed by atoms with Crippen LogP contribution in [0, 0.1) is 5.92 Å². The largest absolute Gasteiger partial charge is 0.453 e. The Morgan fingerprint density at radius 3 is 2.48 bits per heavy atom. The van der Waals surface area contributed by atoms with Crippen LogP contribution in [-0.2, 0) is 14.3 Å². The highest BCUT2D eigenvalue weighted by Gasteiger charge is 2.33. The molecule has 2 atom stereocenters. The van der Waals surface area contributed by atoms with Gasteiger partial charge >= 0.3 is 6.09 Å². The van der Waals surface area contributed by atoms with E-state index in [1.807, 2.05) is 13.8 Å². The molecule has 0 spiro atoms. The molecule has 1 heterocycles. The summed E-state index contributed by atoms with van der Waals surface area (Å²) in [7, 11) is 2.81. The number of ether oxygens (including phenoxy) is 1. The van der Waals surface area contributed by atoms with Crippen LogP contribution in [0.5, 0.6) is 0 Å². The van der Waals surface area contributed by atoms with Crippen molar-refractivity contribution in [2.24, 2.45) is 5.92 Å². The third-order valence-corrected chi connectivity index (χ3v) is 3.46. The normalized spacial score (nSPS) is 20.0. The number of hydrogen-bond acceptors (Lipinski definition) is 5. The standard InChI is InChI=1S/C13H24N4O4/c1-8(2)10(15-13(20)21-4)12(19)16-17-7-5-6-9(17)11(18)14-3/h8-10H,5-7H2,1-4H3,(H,14,18)(H,15,20)(H,16,19). The van der Waals surface area contributed by atoms with Crippen LogP contribution in [0.3, 0.4) is 0 Å². The molecule has 3 amide bonds. The van der Waals surface area contributed by atoms with E-state index in [-0.39, 0.29) is 23.8 Å². The fourth-order valence-electron chi connectivity index (χ4n) is 2.27. The Morgan fingerprint density at radius 2 is 1.95 bits per heavy atom. The number of hydrazine groups is 1. The molecule has 0 bridgehead atoms. The zero-order valence-electron chi connectivity index (χ0n) is 12.9. The molecule has 0 aromatic rings. The van der Waals surface area contributed by atoms with Crippen molar-refractivity contribution in [1.82, 2.24) is 21.1 Å². The number of likely N-dealkylation sites (N-methyl/N-ethyl adjacent to an activating group) is 1. The molecule has 1 rings (SSSR count). The van der Waals surface area contributed by atoms with Gasteiger partial charge in [0.15, 0.2) is 0 Å². The zero-order valence-corrected chi connectivity index (χ0v) is 12.9. The first kappa shape index (κ1) is 17.2. The predicted molar refractivity (Wildman–Crippen MR) is 76.1 cm³/mol. The summed E-state index contributed by atoms with van der Waals surface area (Å²) in [6, 6.07) is -1.09. The monoisotopic (exact) mass is 300 g/mol. The fourth-order valence-corrected chi connectivity index (χ4v) is 2.27. The molecule has 8 heteroatoms. The van der Waals surface area contributed by atoms with Crippen LogP contribution in [0.4, 0.5) is 4.79 Å². The van der Waals surface area contributed by atoms with Crippen molar-refractivity contribution in [2.45, 2.75) is 38.8 Å². The molecular formula is C13H24N4O4. The van der Waals surface area contributed by atoms with Gasteiger partial charge in [0.1, 0.15) is 12.1 Å². The van der Waals surface area contributed by atoms with Gasteiger partial charge in [-0.05, 0) is 18.8 Å². The zero-order chi connectivity index (χ0) is 16.0. The van der Waals surface area contributed by atoms with Gasteiger partial charge in [0, 0.05) is 13.6 Å². The van der Waals surface area contributed by atoms with Gasteiger partial charge in [-0.1, -0.05) is 13.8 Å². The molecule has 3 N–H and O–H groups in total. The minimum absolute atomic E-state index is 0.106. The molecule has 120 valence electrons. The van der Waals surface area contributed by atoms with Crippen molar-refractivity contribution >= 4 is 17.9 Å². The summed E-state index contributed by atoms with van der Waals surface area (Å²) in [5, 5.41) is 6.70. The highest BCUT2D eigenvalue weighted by molar-refractivity contribution is 5.86. The summed E-state index contributed by atoms with van der Waals surface area (Å²) in [6.45, 7) is 4.24. The molecule has 21 heavy (non-hydrogen) atoms. The molecule has 1 aliphatic rings. The van der Waals surface area contributed by atoms with Gasteiger partial charge in [-0.3, -0.25) is 15.0 Å². The second kappa shape index (κ2) is 7.82. The number of hydrogen-bond donors (Lipinski definition) is 3. The first-order chi connectivity index (χ1) is 9.90. The Labute approximate surface area is 124 Å². The lowest BCUT2D eigenvalue weighted by molar-refractivity contribution is -0.133. The van der Waals surface area contributed by atoms with Gasteiger partial charge in [-0.25, -0.2) is 9.80 Å². The maximum atomic E-state index is 12.3. The van der Waals surface area contributed by atoms with Crippen molar-refractivity contribution in [3.05, 3.63) is 0 Å². The van der Waals surface area contributed by atoms with Crippen LogP contribution in [0.1, 0.15) is 26.7 Å². The highest BCUT2D eigenvalue weighted by atomic mass is 16.5. The summed E-state index contributed by atoms with van der Waals surface area (Å²) in [4.78, 5) is 35.3. The van der Waals surface area contributed by atoms with Crippen molar-refractivity contribution in [1.29, 1.82) is 0 Å². The minimum atomic E-state index is -0.719. The summed E-state index contributed by atoms with van der Waals surface area (Å²) >= 11 is 0. The number of methoxy groups -OCH3 is 1. The van der Waals surface area contributed by atoms with E-state index in [0.717, 1.165) is 6.42 Å². The Bertz CT molecular complexity index is 400. The Morgan fingerprint density at radius 1 is 1.29 bits per heavy atom. The third kappa shape index (κ3) is 4.59. The molecule has 0 aromatic heterocycles. The van der Waals surface area contributed by atoms with Crippen molar-refractivity contribution in [3.8, 4) is 0 Å². The molecule has 0 radical (unpaired) electrons. The average Bonchev–Trinajstić information content (AvgIpc) is 2.90. The summed E-state index contributed by atoms with van der Waals surface area (Å²) in [5.74, 6) is -0.591. The van der Waals surface area contributed by atoms with Gasteiger partial charge in [0.05, 0.1) is 7.11 Å². The number of nitrogens with one attached hydrogen (secondary N) is 3. The van der Waals surface area contributed by atoms with Crippen LogP contribution < -0.4 is 16.1 Å². The SMILES string of the molecule is CNC(=O)C1CCCN1NC(=O)C(NC(=O)OC)C(C)C. The number of alkyl carbamates (subject to hydrolysis) is 1. The number of rotatable bonds is 5. The number of carbonyl (C=O) groups is 3. The Balaban J connectivity index is 2.68. The van der Waals surface area contributed by atoms with Crippen molar-refractivity contribution < 1.29 is 19.1 Å². The highest BCUT2D eigenvalue weighted by Crippen LogP contribution is 2.15. The summed E-state index contributed by atoms with van der Waals surface area (Å²) in [5.41, 5.74) is 2.72. The lowest BCUT2D eigenvalue weighted by atomic mass is 10.0. The fraction of sp³-hybridized carbons (Fsp3) is 0.769. The van der Waals surface area contributed by atoms with Gasteiger partial charge in [-0.2, -0.15) is 0 Å². The first-order valence-electron chi connectivity index (χ1n) is 7.04. The number of nitrogens with zero attached hydrogens (tertiary/aromatic N) is 1. The second-order valence-electron chi connectivity index (χ2n) is 5.30. The molecule has 8 nitrogen and oxygen atoms in total.